The second-order valence-corrected chi connectivity index (χ2v) is 7.45. The van der Waals surface area contributed by atoms with Gasteiger partial charge in [0.1, 0.15) is 18.2 Å². The summed E-state index contributed by atoms with van der Waals surface area (Å²) in [6.45, 7) is -0.702. The fourth-order valence-electron chi connectivity index (χ4n) is 2.95. The van der Waals surface area contributed by atoms with Crippen molar-refractivity contribution in [3.05, 3.63) is 35.4 Å². The Kier molecular flexibility index (Phi) is 7.48. The molecule has 0 aliphatic heterocycles. The van der Waals surface area contributed by atoms with Gasteiger partial charge in [-0.05, 0) is 49.5 Å². The number of hydrogen-bond donors (Lipinski definition) is 0. The van der Waals surface area contributed by atoms with Crippen LogP contribution in [0.2, 0.25) is 0 Å². The van der Waals surface area contributed by atoms with E-state index < -0.39 is 37.2 Å². The Morgan fingerprint density at radius 1 is 1.27 bits per heavy atom. The van der Waals surface area contributed by atoms with E-state index in [-0.39, 0.29) is 11.5 Å². The molecular formula is C21H24F3N3O3. The predicted molar refractivity (Wildman–Crippen MR) is 105 cm³/mol. The van der Waals surface area contributed by atoms with Gasteiger partial charge >= 0.3 is 12.1 Å². The lowest BCUT2D eigenvalue weighted by Crippen LogP contribution is -2.47. The number of amides is 1. The molecule has 0 N–H and O–H groups in total. The molecule has 1 unspecified atom stereocenters. The number of carbonyl (C=O) groups excluding carboxylic acids is 2. The molecule has 1 aliphatic rings. The molecule has 2 rings (SSSR count). The molecule has 0 aromatic heterocycles. The van der Waals surface area contributed by atoms with Crippen LogP contribution in [0.25, 0.3) is 6.08 Å². The fourth-order valence-corrected chi connectivity index (χ4v) is 2.95. The number of anilines is 1. The molecule has 1 aromatic carbocycles. The van der Waals surface area contributed by atoms with Crippen molar-refractivity contribution in [2.45, 2.75) is 32.0 Å². The molecule has 1 atom stereocenters. The number of benzene rings is 1. The van der Waals surface area contributed by atoms with Crippen molar-refractivity contribution in [3.63, 3.8) is 0 Å². The van der Waals surface area contributed by atoms with Crippen molar-refractivity contribution >= 4 is 23.6 Å². The van der Waals surface area contributed by atoms with Crippen LogP contribution in [0, 0.1) is 17.2 Å². The average Bonchev–Trinajstić information content (AvgIpc) is 3.52. The van der Waals surface area contributed by atoms with Crippen molar-refractivity contribution < 1.29 is 27.5 Å². The van der Waals surface area contributed by atoms with Crippen LogP contribution < -0.4 is 4.90 Å². The number of alkyl halides is 3. The van der Waals surface area contributed by atoms with E-state index in [4.69, 9.17) is 4.74 Å². The van der Waals surface area contributed by atoms with Crippen molar-refractivity contribution in [1.29, 1.82) is 5.26 Å². The van der Waals surface area contributed by atoms with Gasteiger partial charge < -0.3 is 14.5 Å². The Bertz CT molecular complexity index is 838. The van der Waals surface area contributed by atoms with E-state index in [2.05, 4.69) is 0 Å². The van der Waals surface area contributed by atoms with Crippen molar-refractivity contribution in [1.82, 2.24) is 4.90 Å². The lowest BCUT2D eigenvalue weighted by molar-refractivity contribution is -0.170. The SMILES string of the molecule is CC(C1CC1)N(CC(F)(F)F)C(=O)COC(=O)/C(C#N)=C/c1ccc(N(C)C)cc1. The van der Waals surface area contributed by atoms with Gasteiger partial charge in [0.25, 0.3) is 5.91 Å². The van der Waals surface area contributed by atoms with Crippen LogP contribution in [-0.4, -0.2) is 56.2 Å². The zero-order valence-corrected chi connectivity index (χ0v) is 17.1. The monoisotopic (exact) mass is 423 g/mol. The fraction of sp³-hybridized carbons (Fsp3) is 0.476. The van der Waals surface area contributed by atoms with Crippen molar-refractivity contribution in [2.24, 2.45) is 5.92 Å². The first kappa shape index (κ1) is 23.3. The van der Waals surface area contributed by atoms with Crippen LogP contribution in [-0.2, 0) is 14.3 Å². The molecule has 1 fully saturated rings. The van der Waals surface area contributed by atoms with Crippen LogP contribution >= 0.6 is 0 Å². The van der Waals surface area contributed by atoms with Crippen LogP contribution in [0.1, 0.15) is 25.3 Å². The molecule has 30 heavy (non-hydrogen) atoms. The van der Waals surface area contributed by atoms with Crippen LogP contribution in [0.5, 0.6) is 0 Å². The standard InChI is InChI=1S/C21H24F3N3O3/c1-14(16-6-7-16)27(13-21(22,23)24)19(28)12-30-20(29)17(11-25)10-15-4-8-18(9-5-15)26(2)3/h4-5,8-10,14,16H,6-7,12-13H2,1-3H3/b17-10+. The average molecular weight is 423 g/mol. The first-order valence-electron chi connectivity index (χ1n) is 9.44. The van der Waals surface area contributed by atoms with Gasteiger partial charge in [-0.3, -0.25) is 4.79 Å². The maximum atomic E-state index is 12.9. The molecule has 162 valence electrons. The summed E-state index contributed by atoms with van der Waals surface area (Å²) in [5, 5.41) is 9.23. The van der Waals surface area contributed by atoms with Gasteiger partial charge in [0.15, 0.2) is 6.61 Å². The van der Waals surface area contributed by atoms with E-state index in [1.807, 2.05) is 19.0 Å². The Labute approximate surface area is 173 Å². The Morgan fingerprint density at radius 2 is 1.87 bits per heavy atom. The summed E-state index contributed by atoms with van der Waals surface area (Å²) in [6.07, 6.45) is -1.74. The summed E-state index contributed by atoms with van der Waals surface area (Å²) in [6, 6.07) is 8.10. The van der Waals surface area contributed by atoms with E-state index in [0.29, 0.717) is 10.5 Å². The third kappa shape index (κ3) is 6.79. The molecule has 0 bridgehead atoms. The second-order valence-electron chi connectivity index (χ2n) is 7.45. The van der Waals surface area contributed by atoms with E-state index in [1.54, 1.807) is 37.3 Å². The minimum atomic E-state index is -4.56. The highest BCUT2D eigenvalue weighted by atomic mass is 19.4. The quantitative estimate of drug-likeness (QED) is 0.364. The minimum absolute atomic E-state index is 0.0201. The van der Waals surface area contributed by atoms with Crippen LogP contribution in [0.15, 0.2) is 29.8 Å². The van der Waals surface area contributed by atoms with E-state index >= 15 is 0 Å². The summed E-state index contributed by atoms with van der Waals surface area (Å²) in [7, 11) is 3.73. The van der Waals surface area contributed by atoms with E-state index in [0.717, 1.165) is 18.5 Å². The van der Waals surface area contributed by atoms with E-state index in [9.17, 15) is 28.0 Å². The molecule has 0 heterocycles. The molecule has 1 aromatic rings. The van der Waals surface area contributed by atoms with Gasteiger partial charge in [0.05, 0.1) is 0 Å². The van der Waals surface area contributed by atoms with Crippen LogP contribution in [0.4, 0.5) is 18.9 Å². The van der Waals surface area contributed by atoms with Crippen LogP contribution in [0.3, 0.4) is 0 Å². The molecule has 1 saturated carbocycles. The smallest absolute Gasteiger partial charge is 0.406 e. The van der Waals surface area contributed by atoms with E-state index in [1.165, 1.54) is 6.08 Å². The number of nitrogens with zero attached hydrogens (tertiary/aromatic N) is 3. The van der Waals surface area contributed by atoms with Gasteiger partial charge in [-0.1, -0.05) is 12.1 Å². The lowest BCUT2D eigenvalue weighted by atomic mass is 10.1. The summed E-state index contributed by atoms with van der Waals surface area (Å²) >= 11 is 0. The third-order valence-electron chi connectivity index (χ3n) is 4.85. The first-order chi connectivity index (χ1) is 14.0. The number of ether oxygens (including phenoxy) is 1. The molecule has 0 spiro atoms. The zero-order chi connectivity index (χ0) is 22.5. The molecular weight excluding hydrogens is 399 g/mol. The van der Waals surface area contributed by atoms with Gasteiger partial charge in [-0.2, -0.15) is 18.4 Å². The van der Waals surface area contributed by atoms with Gasteiger partial charge in [-0.15, -0.1) is 0 Å². The minimum Gasteiger partial charge on any atom is -0.451 e. The summed E-state index contributed by atoms with van der Waals surface area (Å²) in [5.74, 6) is -1.98. The van der Waals surface area contributed by atoms with Gasteiger partial charge in [0, 0.05) is 25.8 Å². The maximum absolute atomic E-state index is 12.9. The normalized spacial score (nSPS) is 15.2. The molecule has 9 heteroatoms. The first-order valence-corrected chi connectivity index (χ1v) is 9.44. The third-order valence-corrected chi connectivity index (χ3v) is 4.85. The van der Waals surface area contributed by atoms with Crippen molar-refractivity contribution in [3.8, 4) is 6.07 Å². The second kappa shape index (κ2) is 9.65. The zero-order valence-electron chi connectivity index (χ0n) is 17.1. The Morgan fingerprint density at radius 3 is 2.33 bits per heavy atom. The molecule has 0 radical (unpaired) electrons. The molecule has 1 amide bonds. The number of carbonyl (C=O) groups is 2. The van der Waals surface area contributed by atoms with Crippen molar-refractivity contribution in [2.75, 3.05) is 32.1 Å². The summed E-state index contributed by atoms with van der Waals surface area (Å²) < 4.78 is 43.4. The predicted octanol–water partition coefficient (Wildman–Crippen LogP) is 3.39. The maximum Gasteiger partial charge on any atom is 0.406 e. The Hall–Kier alpha value is -3.02. The number of hydrogen-bond acceptors (Lipinski definition) is 5. The summed E-state index contributed by atoms with van der Waals surface area (Å²) in [4.78, 5) is 27.1. The summed E-state index contributed by atoms with van der Waals surface area (Å²) in [5.41, 5.74) is 1.15. The molecule has 0 saturated heterocycles. The highest BCUT2D eigenvalue weighted by Gasteiger charge is 2.40. The number of nitriles is 1. The molecule has 1 aliphatic carbocycles. The largest absolute Gasteiger partial charge is 0.451 e. The number of esters is 1. The Balaban J connectivity index is 2.03. The number of halogens is 3. The lowest BCUT2D eigenvalue weighted by Gasteiger charge is -2.30. The topological polar surface area (TPSA) is 73.6 Å². The number of rotatable bonds is 8. The highest BCUT2D eigenvalue weighted by Crippen LogP contribution is 2.36. The highest BCUT2D eigenvalue weighted by molar-refractivity contribution is 5.98. The molecule has 6 nitrogen and oxygen atoms in total. The van der Waals surface area contributed by atoms with Gasteiger partial charge in [0.2, 0.25) is 0 Å². The van der Waals surface area contributed by atoms with Gasteiger partial charge in [-0.25, -0.2) is 4.79 Å².